The van der Waals surface area contributed by atoms with Gasteiger partial charge in [0.1, 0.15) is 0 Å². The molecule has 1 fully saturated rings. The minimum Gasteiger partial charge on any atom is -0.342 e. The van der Waals surface area contributed by atoms with Gasteiger partial charge in [0.15, 0.2) is 5.82 Å². The highest BCUT2D eigenvalue weighted by molar-refractivity contribution is 7.09. The summed E-state index contributed by atoms with van der Waals surface area (Å²) in [7, 11) is 0. The second kappa shape index (κ2) is 6.39. The predicted octanol–water partition coefficient (Wildman–Crippen LogP) is 2.78. The van der Waals surface area contributed by atoms with Crippen molar-refractivity contribution in [2.45, 2.75) is 38.5 Å². The molecule has 0 spiro atoms. The maximum Gasteiger partial charge on any atom is 0.231 e. The van der Waals surface area contributed by atoms with E-state index in [0.717, 1.165) is 25.8 Å². The molecule has 0 radical (unpaired) electrons. The minimum atomic E-state index is 0.186. The maximum atomic E-state index is 12.3. The van der Waals surface area contributed by atoms with Crippen LogP contribution in [0.2, 0.25) is 0 Å². The molecule has 0 bridgehead atoms. The quantitative estimate of drug-likeness (QED) is 0.871. The highest BCUT2D eigenvalue weighted by Gasteiger charge is 2.27. The zero-order valence-corrected chi connectivity index (χ0v) is 12.9. The molecule has 6 heteroatoms. The number of thiophene rings is 1. The molecule has 2 aromatic heterocycles. The lowest BCUT2D eigenvalue weighted by molar-refractivity contribution is -0.132. The Morgan fingerprint density at radius 3 is 3.19 bits per heavy atom. The number of hydrogen-bond acceptors (Lipinski definition) is 5. The van der Waals surface area contributed by atoms with E-state index in [-0.39, 0.29) is 11.8 Å². The third-order valence-corrected chi connectivity index (χ3v) is 4.77. The van der Waals surface area contributed by atoms with Crippen molar-refractivity contribution in [3.63, 3.8) is 0 Å². The monoisotopic (exact) mass is 305 g/mol. The van der Waals surface area contributed by atoms with E-state index in [1.807, 2.05) is 17.9 Å². The van der Waals surface area contributed by atoms with Crippen molar-refractivity contribution in [1.29, 1.82) is 0 Å². The van der Waals surface area contributed by atoms with Crippen molar-refractivity contribution < 1.29 is 9.32 Å². The van der Waals surface area contributed by atoms with Crippen LogP contribution in [0.25, 0.3) is 0 Å². The van der Waals surface area contributed by atoms with Crippen LogP contribution in [0.3, 0.4) is 0 Å². The Morgan fingerprint density at radius 2 is 2.48 bits per heavy atom. The lowest BCUT2D eigenvalue weighted by Gasteiger charge is -2.31. The summed E-state index contributed by atoms with van der Waals surface area (Å²) >= 11 is 1.71. The normalized spacial score (nSPS) is 18.9. The first-order valence-electron chi connectivity index (χ1n) is 7.33. The fourth-order valence-electron chi connectivity index (χ4n) is 2.73. The van der Waals surface area contributed by atoms with Gasteiger partial charge < -0.3 is 9.42 Å². The highest BCUT2D eigenvalue weighted by atomic mass is 32.1. The molecule has 0 aromatic carbocycles. The van der Waals surface area contributed by atoms with Gasteiger partial charge in [0.2, 0.25) is 11.8 Å². The number of carbonyl (C=O) groups excluding carboxylic acids is 1. The van der Waals surface area contributed by atoms with E-state index in [1.165, 1.54) is 4.88 Å². The Morgan fingerprint density at radius 1 is 1.57 bits per heavy atom. The molecule has 1 aliphatic rings. The number of nitrogens with zero attached hydrogens (tertiary/aromatic N) is 3. The Hall–Kier alpha value is -1.69. The summed E-state index contributed by atoms with van der Waals surface area (Å²) in [4.78, 5) is 19.9. The van der Waals surface area contributed by atoms with Gasteiger partial charge in [-0.2, -0.15) is 4.98 Å². The Kier molecular flexibility index (Phi) is 4.34. The molecular formula is C15H19N3O2S. The van der Waals surface area contributed by atoms with Gasteiger partial charge in [-0.05, 0) is 37.6 Å². The second-order valence-electron chi connectivity index (χ2n) is 5.44. The topological polar surface area (TPSA) is 59.2 Å². The first-order chi connectivity index (χ1) is 10.2. The van der Waals surface area contributed by atoms with Crippen LogP contribution >= 0.6 is 11.3 Å². The van der Waals surface area contributed by atoms with Crippen LogP contribution in [-0.4, -0.2) is 34.0 Å². The van der Waals surface area contributed by atoms with Crippen LogP contribution in [0.4, 0.5) is 0 Å². The average molecular weight is 305 g/mol. The standard InChI is InChI=1S/C15H19N3O2S/c1-11-16-15(20-17-11)12-4-2-8-18(10-12)14(19)7-6-13-5-3-9-21-13/h3,5,9,12H,2,4,6-8,10H2,1H3/t12-/m0/s1. The van der Waals surface area contributed by atoms with Crippen molar-refractivity contribution in [1.82, 2.24) is 15.0 Å². The first-order valence-corrected chi connectivity index (χ1v) is 8.20. The molecule has 1 saturated heterocycles. The minimum absolute atomic E-state index is 0.186. The van der Waals surface area contributed by atoms with E-state index in [2.05, 4.69) is 21.6 Å². The van der Waals surface area contributed by atoms with Crippen LogP contribution < -0.4 is 0 Å². The van der Waals surface area contributed by atoms with E-state index >= 15 is 0 Å². The third-order valence-electron chi connectivity index (χ3n) is 3.83. The average Bonchev–Trinajstić information content (AvgIpc) is 3.16. The van der Waals surface area contributed by atoms with Crippen molar-refractivity contribution in [2.75, 3.05) is 13.1 Å². The van der Waals surface area contributed by atoms with Gasteiger partial charge in [0, 0.05) is 24.4 Å². The van der Waals surface area contributed by atoms with E-state index in [4.69, 9.17) is 4.52 Å². The van der Waals surface area contributed by atoms with Gasteiger partial charge in [0.25, 0.3) is 0 Å². The molecule has 21 heavy (non-hydrogen) atoms. The van der Waals surface area contributed by atoms with Crippen LogP contribution in [-0.2, 0) is 11.2 Å². The van der Waals surface area contributed by atoms with Crippen molar-refractivity contribution in [3.05, 3.63) is 34.1 Å². The van der Waals surface area contributed by atoms with Gasteiger partial charge in [-0.15, -0.1) is 11.3 Å². The van der Waals surface area contributed by atoms with E-state index < -0.39 is 0 Å². The van der Waals surface area contributed by atoms with Crippen LogP contribution in [0.1, 0.15) is 41.8 Å². The summed E-state index contributed by atoms with van der Waals surface area (Å²) in [6.07, 6.45) is 3.42. The van der Waals surface area contributed by atoms with E-state index in [1.54, 1.807) is 11.3 Å². The lowest BCUT2D eigenvalue weighted by atomic mass is 9.97. The van der Waals surface area contributed by atoms with Gasteiger partial charge in [0.05, 0.1) is 5.92 Å². The number of amides is 1. The van der Waals surface area contributed by atoms with Gasteiger partial charge in [-0.3, -0.25) is 4.79 Å². The molecule has 1 amide bonds. The van der Waals surface area contributed by atoms with Gasteiger partial charge in [-0.25, -0.2) is 0 Å². The van der Waals surface area contributed by atoms with Crippen molar-refractivity contribution >= 4 is 17.2 Å². The highest BCUT2D eigenvalue weighted by Crippen LogP contribution is 2.26. The molecule has 5 nitrogen and oxygen atoms in total. The summed E-state index contributed by atoms with van der Waals surface area (Å²) in [5.74, 6) is 1.74. The molecule has 2 aromatic rings. The zero-order chi connectivity index (χ0) is 14.7. The Bertz CT molecular complexity index is 594. The Labute approximate surface area is 128 Å². The van der Waals surface area contributed by atoms with Crippen molar-refractivity contribution in [3.8, 4) is 0 Å². The number of carbonyl (C=O) groups is 1. The SMILES string of the molecule is Cc1noc([C@H]2CCCN(C(=O)CCc3cccs3)C2)n1. The van der Waals surface area contributed by atoms with Gasteiger partial charge in [-0.1, -0.05) is 11.2 Å². The number of hydrogen-bond donors (Lipinski definition) is 0. The summed E-state index contributed by atoms with van der Waals surface area (Å²) in [5, 5.41) is 5.89. The number of likely N-dealkylation sites (tertiary alicyclic amines) is 1. The van der Waals surface area contributed by atoms with Crippen molar-refractivity contribution in [2.24, 2.45) is 0 Å². The smallest absolute Gasteiger partial charge is 0.231 e. The number of aromatic nitrogens is 2. The molecule has 0 saturated carbocycles. The lowest BCUT2D eigenvalue weighted by Crippen LogP contribution is -2.39. The summed E-state index contributed by atoms with van der Waals surface area (Å²) < 4.78 is 5.25. The van der Waals surface area contributed by atoms with Gasteiger partial charge >= 0.3 is 0 Å². The molecule has 0 unspecified atom stereocenters. The maximum absolute atomic E-state index is 12.3. The third kappa shape index (κ3) is 3.50. The molecule has 0 aliphatic carbocycles. The number of aryl methyl sites for hydroxylation is 2. The number of rotatable bonds is 4. The molecule has 3 heterocycles. The van der Waals surface area contributed by atoms with E-state index in [0.29, 0.717) is 24.7 Å². The molecular weight excluding hydrogens is 286 g/mol. The fourth-order valence-corrected chi connectivity index (χ4v) is 3.44. The van der Waals surface area contributed by atoms with Crippen LogP contribution in [0.5, 0.6) is 0 Å². The van der Waals surface area contributed by atoms with Crippen LogP contribution in [0, 0.1) is 6.92 Å². The molecule has 3 rings (SSSR count). The number of piperidine rings is 1. The summed E-state index contributed by atoms with van der Waals surface area (Å²) in [6.45, 7) is 3.36. The first kappa shape index (κ1) is 14.3. The molecule has 1 atom stereocenters. The summed E-state index contributed by atoms with van der Waals surface area (Å²) in [5.41, 5.74) is 0. The molecule has 112 valence electrons. The van der Waals surface area contributed by atoms with E-state index in [9.17, 15) is 4.79 Å². The molecule has 1 aliphatic heterocycles. The van der Waals surface area contributed by atoms with Crippen LogP contribution in [0.15, 0.2) is 22.0 Å². The zero-order valence-electron chi connectivity index (χ0n) is 12.1. The Balaban J connectivity index is 1.56. The summed E-state index contributed by atoms with van der Waals surface area (Å²) in [6, 6.07) is 4.11. The second-order valence-corrected chi connectivity index (χ2v) is 6.47. The predicted molar refractivity (Wildman–Crippen MR) is 80.2 cm³/mol. The fraction of sp³-hybridized carbons (Fsp3) is 0.533. The largest absolute Gasteiger partial charge is 0.342 e. The molecule has 0 N–H and O–H groups in total.